The van der Waals surface area contributed by atoms with Gasteiger partial charge in [-0.3, -0.25) is 14.9 Å². The van der Waals surface area contributed by atoms with Gasteiger partial charge >= 0.3 is 6.18 Å². The fourth-order valence-electron chi connectivity index (χ4n) is 2.27. The number of nitro benzene ring substituents is 1. The van der Waals surface area contributed by atoms with Crippen LogP contribution < -0.4 is 0 Å². The van der Waals surface area contributed by atoms with Crippen molar-refractivity contribution in [2.24, 2.45) is 0 Å². The van der Waals surface area contributed by atoms with Crippen molar-refractivity contribution in [2.75, 3.05) is 7.05 Å². The number of hydrogen-bond acceptors (Lipinski definition) is 4. The molecule has 1 amide bonds. The quantitative estimate of drug-likeness (QED) is 0.609. The molecule has 0 radical (unpaired) electrons. The van der Waals surface area contributed by atoms with Crippen molar-refractivity contribution in [2.45, 2.75) is 26.2 Å². The Balaban J connectivity index is 2.18. The molecule has 25 heavy (non-hydrogen) atoms. The van der Waals surface area contributed by atoms with Crippen LogP contribution in [-0.2, 0) is 13.1 Å². The molecule has 134 valence electrons. The molecule has 0 bridgehead atoms. The van der Waals surface area contributed by atoms with Gasteiger partial charge in [-0.2, -0.15) is 13.2 Å². The maximum atomic E-state index is 12.5. The number of amides is 1. The Morgan fingerprint density at radius 1 is 1.40 bits per heavy atom. The molecule has 0 aliphatic heterocycles. The normalized spacial score (nSPS) is 11.4. The van der Waals surface area contributed by atoms with Crippen LogP contribution in [-0.4, -0.2) is 38.5 Å². The Kier molecular flexibility index (Phi) is 5.10. The molecule has 0 aliphatic rings. The monoisotopic (exact) mass is 356 g/mol. The fourth-order valence-corrected chi connectivity index (χ4v) is 2.27. The first kappa shape index (κ1) is 18.4. The fraction of sp³-hybridized carbons (Fsp3) is 0.333. The van der Waals surface area contributed by atoms with E-state index in [0.29, 0.717) is 5.56 Å². The van der Waals surface area contributed by atoms with E-state index in [0.717, 1.165) is 15.5 Å². The molecule has 0 saturated heterocycles. The predicted molar refractivity (Wildman–Crippen MR) is 81.9 cm³/mol. The van der Waals surface area contributed by atoms with Crippen LogP contribution in [0.5, 0.6) is 0 Å². The molecule has 1 heterocycles. The SMILES string of the molecule is Cc1ccc(C(=O)N(C)Cc2nccn2CC(F)(F)F)cc1[N+](=O)[O-]. The zero-order chi connectivity index (χ0) is 18.8. The van der Waals surface area contributed by atoms with Crippen molar-refractivity contribution in [1.29, 1.82) is 0 Å². The van der Waals surface area contributed by atoms with Gasteiger partial charge in [0.25, 0.3) is 11.6 Å². The summed E-state index contributed by atoms with van der Waals surface area (Å²) in [7, 11) is 1.39. The van der Waals surface area contributed by atoms with Gasteiger partial charge in [-0.25, -0.2) is 4.98 Å². The Morgan fingerprint density at radius 2 is 2.08 bits per heavy atom. The average molecular weight is 356 g/mol. The van der Waals surface area contributed by atoms with Gasteiger partial charge < -0.3 is 9.47 Å². The van der Waals surface area contributed by atoms with Crippen LogP contribution >= 0.6 is 0 Å². The Morgan fingerprint density at radius 3 is 2.68 bits per heavy atom. The summed E-state index contributed by atoms with van der Waals surface area (Å²) in [5.74, 6) is -0.487. The van der Waals surface area contributed by atoms with E-state index in [1.54, 1.807) is 6.92 Å². The number of aryl methyl sites for hydroxylation is 1. The molecule has 7 nitrogen and oxygen atoms in total. The second-order valence-electron chi connectivity index (χ2n) is 5.51. The minimum atomic E-state index is -4.41. The Hall–Kier alpha value is -2.91. The van der Waals surface area contributed by atoms with Crippen LogP contribution in [0, 0.1) is 17.0 Å². The summed E-state index contributed by atoms with van der Waals surface area (Å²) in [6.45, 7) is 0.175. The van der Waals surface area contributed by atoms with Crippen LogP contribution in [0.2, 0.25) is 0 Å². The summed E-state index contributed by atoms with van der Waals surface area (Å²) < 4.78 is 38.5. The third-order valence-electron chi connectivity index (χ3n) is 3.53. The van der Waals surface area contributed by atoms with Gasteiger partial charge in [-0.15, -0.1) is 0 Å². The van der Waals surface area contributed by atoms with Crippen LogP contribution in [0.1, 0.15) is 21.7 Å². The third kappa shape index (κ3) is 4.55. The first-order valence-electron chi connectivity index (χ1n) is 7.16. The number of carbonyl (C=O) groups excluding carboxylic acids is 1. The predicted octanol–water partition coefficient (Wildman–Crippen LogP) is 2.93. The molecular formula is C15H15F3N4O3. The summed E-state index contributed by atoms with van der Waals surface area (Å²) >= 11 is 0. The number of carbonyl (C=O) groups is 1. The smallest absolute Gasteiger partial charge is 0.334 e. The molecule has 1 aromatic heterocycles. The number of aromatic nitrogens is 2. The second kappa shape index (κ2) is 6.91. The molecule has 1 aromatic carbocycles. The highest BCUT2D eigenvalue weighted by atomic mass is 19.4. The first-order chi connectivity index (χ1) is 11.6. The molecule has 0 atom stereocenters. The zero-order valence-corrected chi connectivity index (χ0v) is 13.4. The number of benzene rings is 1. The second-order valence-corrected chi connectivity index (χ2v) is 5.51. The van der Waals surface area contributed by atoms with E-state index in [1.165, 1.54) is 31.6 Å². The van der Waals surface area contributed by atoms with E-state index >= 15 is 0 Å². The standard InChI is InChI=1S/C15H15F3N4O3/c1-10-3-4-11(7-12(10)22(24)25)14(23)20(2)8-13-19-5-6-21(13)9-15(16,17)18/h3-7H,8-9H2,1-2H3. The van der Waals surface area contributed by atoms with E-state index in [-0.39, 0.29) is 23.6 Å². The third-order valence-corrected chi connectivity index (χ3v) is 3.53. The molecular weight excluding hydrogens is 341 g/mol. The summed E-state index contributed by atoms with van der Waals surface area (Å²) in [6, 6.07) is 4.03. The molecule has 0 spiro atoms. The van der Waals surface area contributed by atoms with Gasteiger partial charge in [0.15, 0.2) is 0 Å². The molecule has 0 unspecified atom stereocenters. The highest BCUT2D eigenvalue weighted by Crippen LogP contribution is 2.21. The largest absolute Gasteiger partial charge is 0.406 e. The van der Waals surface area contributed by atoms with Gasteiger partial charge in [0.2, 0.25) is 0 Å². The van der Waals surface area contributed by atoms with Crippen molar-refractivity contribution in [1.82, 2.24) is 14.5 Å². The number of halogens is 3. The van der Waals surface area contributed by atoms with Crippen molar-refractivity contribution in [3.8, 4) is 0 Å². The minimum absolute atomic E-state index is 0.0646. The molecule has 0 fully saturated rings. The maximum Gasteiger partial charge on any atom is 0.406 e. The highest BCUT2D eigenvalue weighted by molar-refractivity contribution is 5.94. The van der Waals surface area contributed by atoms with Crippen molar-refractivity contribution in [3.63, 3.8) is 0 Å². The van der Waals surface area contributed by atoms with Gasteiger partial charge in [0.1, 0.15) is 12.4 Å². The van der Waals surface area contributed by atoms with Crippen molar-refractivity contribution in [3.05, 3.63) is 57.7 Å². The summed E-state index contributed by atoms with van der Waals surface area (Å²) in [4.78, 5) is 27.8. The minimum Gasteiger partial charge on any atom is -0.334 e. The van der Waals surface area contributed by atoms with E-state index in [1.807, 2.05) is 0 Å². The molecule has 2 aromatic rings. The van der Waals surface area contributed by atoms with E-state index in [2.05, 4.69) is 4.98 Å². The zero-order valence-electron chi connectivity index (χ0n) is 13.4. The lowest BCUT2D eigenvalue weighted by molar-refractivity contribution is -0.385. The number of nitrogens with zero attached hydrogens (tertiary/aromatic N) is 4. The van der Waals surface area contributed by atoms with E-state index in [9.17, 15) is 28.1 Å². The van der Waals surface area contributed by atoms with Gasteiger partial charge in [0, 0.05) is 36.6 Å². The number of imidazole rings is 1. The van der Waals surface area contributed by atoms with Crippen molar-refractivity contribution >= 4 is 11.6 Å². The lowest BCUT2D eigenvalue weighted by atomic mass is 10.1. The molecule has 10 heteroatoms. The maximum absolute atomic E-state index is 12.5. The molecule has 0 saturated carbocycles. The molecule has 0 N–H and O–H groups in total. The van der Waals surface area contributed by atoms with E-state index in [4.69, 9.17) is 0 Å². The number of alkyl halides is 3. The lowest BCUT2D eigenvalue weighted by Gasteiger charge is -2.18. The average Bonchev–Trinajstić information content (AvgIpc) is 2.91. The van der Waals surface area contributed by atoms with Crippen LogP contribution in [0.15, 0.2) is 30.6 Å². The Labute approximate surface area is 140 Å². The van der Waals surface area contributed by atoms with Crippen LogP contribution in [0.25, 0.3) is 0 Å². The topological polar surface area (TPSA) is 81.3 Å². The van der Waals surface area contributed by atoms with Gasteiger partial charge in [-0.05, 0) is 13.0 Å². The summed E-state index contributed by atoms with van der Waals surface area (Å²) in [5, 5.41) is 11.0. The molecule has 2 rings (SSSR count). The summed E-state index contributed by atoms with van der Waals surface area (Å²) in [5.41, 5.74) is 0.288. The first-order valence-corrected chi connectivity index (χ1v) is 7.16. The lowest BCUT2D eigenvalue weighted by Crippen LogP contribution is -2.29. The van der Waals surface area contributed by atoms with E-state index < -0.39 is 23.6 Å². The highest BCUT2D eigenvalue weighted by Gasteiger charge is 2.29. The van der Waals surface area contributed by atoms with Gasteiger partial charge in [0.05, 0.1) is 11.5 Å². The van der Waals surface area contributed by atoms with Crippen LogP contribution in [0.3, 0.4) is 0 Å². The summed E-state index contributed by atoms with van der Waals surface area (Å²) in [6.07, 6.45) is -2.01. The number of rotatable bonds is 5. The van der Waals surface area contributed by atoms with Gasteiger partial charge in [-0.1, -0.05) is 6.07 Å². The number of nitro groups is 1. The number of hydrogen-bond donors (Lipinski definition) is 0. The van der Waals surface area contributed by atoms with Crippen LogP contribution in [0.4, 0.5) is 18.9 Å². The Bertz CT molecular complexity index is 802. The van der Waals surface area contributed by atoms with Crippen molar-refractivity contribution < 1.29 is 22.9 Å². The molecule has 0 aliphatic carbocycles.